The van der Waals surface area contributed by atoms with Crippen molar-refractivity contribution in [1.82, 2.24) is 14.5 Å². The van der Waals surface area contributed by atoms with E-state index in [1.807, 2.05) is 0 Å². The van der Waals surface area contributed by atoms with E-state index in [4.69, 9.17) is 0 Å². The number of halogens is 1. The summed E-state index contributed by atoms with van der Waals surface area (Å²) in [5, 5.41) is 19.4. The molecule has 1 unspecified atom stereocenters. The Morgan fingerprint density at radius 3 is 2.56 bits per heavy atom. The molecule has 0 spiro atoms. The van der Waals surface area contributed by atoms with E-state index in [0.717, 1.165) is 5.56 Å². The molecule has 32 heavy (non-hydrogen) atoms. The van der Waals surface area contributed by atoms with E-state index >= 15 is 0 Å². The van der Waals surface area contributed by atoms with Crippen LogP contribution in [0, 0.1) is 17.1 Å². The number of aliphatic hydroxyl groups excluding tert-OH is 1. The highest BCUT2D eigenvalue weighted by Gasteiger charge is 2.35. The summed E-state index contributed by atoms with van der Waals surface area (Å²) in [6.45, 7) is 5.31. The molecular formula is C24H26FN5O2. The highest BCUT2D eigenvalue weighted by molar-refractivity contribution is 5.89. The number of pyridine rings is 2. The van der Waals surface area contributed by atoms with Gasteiger partial charge in [-0.1, -0.05) is 12.1 Å². The van der Waals surface area contributed by atoms with E-state index in [0.29, 0.717) is 35.5 Å². The van der Waals surface area contributed by atoms with Crippen LogP contribution < -0.4 is 10.5 Å². The summed E-state index contributed by atoms with van der Waals surface area (Å²) in [5.74, 6) is -0.307. The minimum absolute atomic E-state index is 0.0172. The summed E-state index contributed by atoms with van der Waals surface area (Å²) >= 11 is 0. The molecule has 0 saturated carbocycles. The largest absolute Gasteiger partial charge is 0.394 e. The van der Waals surface area contributed by atoms with Crippen molar-refractivity contribution in [1.29, 1.82) is 5.26 Å². The lowest BCUT2D eigenvalue weighted by atomic mass is 9.99. The number of aromatic nitrogens is 2. The van der Waals surface area contributed by atoms with Gasteiger partial charge in [0.25, 0.3) is 5.56 Å². The number of hydrogen-bond donors (Lipinski definition) is 1. The first-order valence-corrected chi connectivity index (χ1v) is 10.6. The number of piperazine rings is 1. The average Bonchev–Trinajstić information content (AvgIpc) is 2.79. The Morgan fingerprint density at radius 2 is 1.91 bits per heavy atom. The molecule has 166 valence electrons. The molecule has 3 atom stereocenters. The standard InChI is InChI=1S/C24H26FN5O2/c1-15-13-30(22(14-31)17-4-6-18(25)7-5-17)16(2)12-29(15)21-10-23(32)28(3)20-9-8-19(11-26)27-24(20)21/h4-10,15-16,22,31H,12-14H2,1-3H3/t15-,16+,22?/m0/s1. The van der Waals surface area contributed by atoms with Gasteiger partial charge in [-0.25, -0.2) is 9.37 Å². The third-order valence-corrected chi connectivity index (χ3v) is 6.35. The van der Waals surface area contributed by atoms with Crippen LogP contribution in [0.2, 0.25) is 0 Å². The Balaban J connectivity index is 1.70. The molecule has 3 heterocycles. The molecule has 3 aromatic rings. The van der Waals surface area contributed by atoms with E-state index in [9.17, 15) is 19.6 Å². The first-order valence-electron chi connectivity index (χ1n) is 10.6. The van der Waals surface area contributed by atoms with Gasteiger partial charge in [0.15, 0.2) is 0 Å². The highest BCUT2D eigenvalue weighted by atomic mass is 19.1. The number of anilines is 1. The fourth-order valence-corrected chi connectivity index (χ4v) is 4.60. The number of nitriles is 1. The molecule has 0 radical (unpaired) electrons. The Labute approximate surface area is 185 Å². The van der Waals surface area contributed by atoms with Gasteiger partial charge in [0, 0.05) is 38.3 Å². The number of rotatable bonds is 4. The predicted octanol–water partition coefficient (Wildman–Crippen LogP) is 2.58. The van der Waals surface area contributed by atoms with Crippen molar-refractivity contribution in [2.45, 2.75) is 32.0 Å². The Kier molecular flexibility index (Phi) is 5.96. The van der Waals surface area contributed by atoms with E-state index in [1.54, 1.807) is 37.4 Å². The van der Waals surface area contributed by atoms with Crippen LogP contribution in [0.4, 0.5) is 10.1 Å². The van der Waals surface area contributed by atoms with Crippen LogP contribution in [0.5, 0.6) is 0 Å². The topological polar surface area (TPSA) is 85.4 Å². The Hall–Kier alpha value is -3.28. The summed E-state index contributed by atoms with van der Waals surface area (Å²) in [6.07, 6.45) is 0. The molecule has 1 saturated heterocycles. The van der Waals surface area contributed by atoms with Crippen molar-refractivity contribution in [3.63, 3.8) is 0 Å². The fourth-order valence-electron chi connectivity index (χ4n) is 4.60. The average molecular weight is 436 g/mol. The van der Waals surface area contributed by atoms with Crippen LogP contribution >= 0.6 is 0 Å². The molecule has 2 aromatic heterocycles. The van der Waals surface area contributed by atoms with Crippen LogP contribution in [-0.4, -0.2) is 51.3 Å². The molecule has 0 bridgehead atoms. The molecule has 1 fully saturated rings. The van der Waals surface area contributed by atoms with Gasteiger partial charge in [-0.3, -0.25) is 9.69 Å². The molecule has 1 aliphatic heterocycles. The second-order valence-electron chi connectivity index (χ2n) is 8.40. The van der Waals surface area contributed by atoms with Gasteiger partial charge in [-0.05, 0) is 43.7 Å². The van der Waals surface area contributed by atoms with E-state index in [2.05, 4.69) is 34.7 Å². The van der Waals surface area contributed by atoms with Crippen molar-refractivity contribution in [3.8, 4) is 6.07 Å². The zero-order chi connectivity index (χ0) is 23.0. The van der Waals surface area contributed by atoms with Crippen molar-refractivity contribution in [2.75, 3.05) is 24.6 Å². The fraction of sp³-hybridized carbons (Fsp3) is 0.375. The maximum absolute atomic E-state index is 13.4. The van der Waals surface area contributed by atoms with Gasteiger partial charge < -0.3 is 14.6 Å². The van der Waals surface area contributed by atoms with Crippen LogP contribution in [0.3, 0.4) is 0 Å². The second-order valence-corrected chi connectivity index (χ2v) is 8.40. The number of hydrogen-bond acceptors (Lipinski definition) is 6. The molecule has 7 nitrogen and oxygen atoms in total. The lowest BCUT2D eigenvalue weighted by Gasteiger charge is -2.48. The zero-order valence-electron chi connectivity index (χ0n) is 18.4. The lowest BCUT2D eigenvalue weighted by molar-refractivity contribution is 0.0680. The summed E-state index contributed by atoms with van der Waals surface area (Å²) < 4.78 is 14.9. The van der Waals surface area contributed by atoms with Crippen LogP contribution in [0.1, 0.15) is 31.1 Å². The summed E-state index contributed by atoms with van der Waals surface area (Å²) in [5.41, 5.74) is 3.03. The molecule has 1 aromatic carbocycles. The second kappa shape index (κ2) is 8.69. The van der Waals surface area contributed by atoms with E-state index < -0.39 is 0 Å². The van der Waals surface area contributed by atoms with Gasteiger partial charge in [-0.15, -0.1) is 0 Å². The van der Waals surface area contributed by atoms with E-state index in [-0.39, 0.29) is 36.1 Å². The number of benzene rings is 1. The Morgan fingerprint density at radius 1 is 1.19 bits per heavy atom. The van der Waals surface area contributed by atoms with Crippen LogP contribution in [-0.2, 0) is 7.05 Å². The number of nitrogens with zero attached hydrogens (tertiary/aromatic N) is 5. The minimum Gasteiger partial charge on any atom is -0.394 e. The van der Waals surface area contributed by atoms with Crippen molar-refractivity contribution in [3.05, 3.63) is 69.9 Å². The van der Waals surface area contributed by atoms with Gasteiger partial charge in [0.1, 0.15) is 23.1 Å². The zero-order valence-corrected chi connectivity index (χ0v) is 18.4. The Bertz CT molecular complexity index is 1230. The van der Waals surface area contributed by atoms with Crippen molar-refractivity contribution in [2.24, 2.45) is 7.05 Å². The van der Waals surface area contributed by atoms with Gasteiger partial charge >= 0.3 is 0 Å². The van der Waals surface area contributed by atoms with Crippen LogP contribution in [0.15, 0.2) is 47.3 Å². The van der Waals surface area contributed by atoms with Crippen LogP contribution in [0.25, 0.3) is 11.0 Å². The number of fused-ring (bicyclic) bond motifs is 1. The summed E-state index contributed by atoms with van der Waals surface area (Å²) in [4.78, 5) is 21.5. The molecule has 1 N–H and O–H groups in total. The van der Waals surface area contributed by atoms with Gasteiger partial charge in [0.05, 0.1) is 23.9 Å². The molecular weight excluding hydrogens is 409 g/mol. The first-order chi connectivity index (χ1) is 15.3. The minimum atomic E-state index is -0.307. The smallest absolute Gasteiger partial charge is 0.252 e. The molecule has 4 rings (SSSR count). The monoisotopic (exact) mass is 435 g/mol. The third kappa shape index (κ3) is 3.85. The van der Waals surface area contributed by atoms with Crippen molar-refractivity contribution < 1.29 is 9.50 Å². The van der Waals surface area contributed by atoms with Gasteiger partial charge in [0.2, 0.25) is 0 Å². The third-order valence-electron chi connectivity index (χ3n) is 6.35. The van der Waals surface area contributed by atoms with E-state index in [1.165, 1.54) is 16.7 Å². The molecule has 0 aliphatic carbocycles. The number of aliphatic hydroxyl groups is 1. The molecule has 0 amide bonds. The lowest BCUT2D eigenvalue weighted by Crippen LogP contribution is -2.58. The normalized spacial score (nSPS) is 20.3. The first kappa shape index (κ1) is 21.9. The SMILES string of the molecule is C[C@@H]1CN(c2cc(=O)n(C)c3ccc(C#N)nc23)[C@@H](C)CN1C(CO)c1ccc(F)cc1. The maximum Gasteiger partial charge on any atom is 0.252 e. The molecule has 8 heteroatoms. The predicted molar refractivity (Wildman–Crippen MR) is 121 cm³/mol. The summed E-state index contributed by atoms with van der Waals surface area (Å²) in [6, 6.07) is 13.1. The van der Waals surface area contributed by atoms with Gasteiger partial charge in [-0.2, -0.15) is 5.26 Å². The summed E-state index contributed by atoms with van der Waals surface area (Å²) in [7, 11) is 1.70. The molecule has 1 aliphatic rings. The van der Waals surface area contributed by atoms with Crippen molar-refractivity contribution >= 4 is 16.7 Å². The maximum atomic E-state index is 13.4. The number of aryl methyl sites for hydroxylation is 1. The quantitative estimate of drug-likeness (QED) is 0.678. The highest BCUT2D eigenvalue weighted by Crippen LogP contribution is 2.32.